The number of benzene rings is 1. The summed E-state index contributed by atoms with van der Waals surface area (Å²) in [6, 6.07) is 5.53. The van der Waals surface area contributed by atoms with Gasteiger partial charge < -0.3 is 14.6 Å². The third kappa shape index (κ3) is 4.57. The molecule has 0 radical (unpaired) electrons. The molecule has 1 aromatic rings. The summed E-state index contributed by atoms with van der Waals surface area (Å²) in [6.45, 7) is 4.62. The number of methoxy groups -OCH3 is 1. The molecule has 18 heavy (non-hydrogen) atoms. The standard InChI is InChI=1S/C15H24O3/c1-4-5-6-7-10-18-15-11-13(17-3)8-9-14(15)12(2)16/h8-9,11-12,16H,4-7,10H2,1-3H3. The van der Waals surface area contributed by atoms with Crippen LogP contribution in [0.5, 0.6) is 11.5 Å². The number of aliphatic hydroxyl groups excluding tert-OH is 1. The van der Waals surface area contributed by atoms with Crippen molar-refractivity contribution in [2.45, 2.75) is 45.6 Å². The van der Waals surface area contributed by atoms with Gasteiger partial charge in [0.2, 0.25) is 0 Å². The first-order valence-corrected chi connectivity index (χ1v) is 6.67. The normalized spacial score (nSPS) is 12.2. The van der Waals surface area contributed by atoms with E-state index in [2.05, 4.69) is 6.92 Å². The maximum absolute atomic E-state index is 9.69. The van der Waals surface area contributed by atoms with Crippen molar-refractivity contribution in [1.82, 2.24) is 0 Å². The first-order valence-electron chi connectivity index (χ1n) is 6.67. The fraction of sp³-hybridized carbons (Fsp3) is 0.600. The van der Waals surface area contributed by atoms with Gasteiger partial charge in [0.15, 0.2) is 0 Å². The molecule has 0 bridgehead atoms. The number of aliphatic hydroxyl groups is 1. The highest BCUT2D eigenvalue weighted by molar-refractivity contribution is 5.41. The average Bonchev–Trinajstić information content (AvgIpc) is 2.38. The Kier molecular flexibility index (Phi) is 6.58. The lowest BCUT2D eigenvalue weighted by Gasteiger charge is -2.14. The molecular formula is C15H24O3. The zero-order valence-electron chi connectivity index (χ0n) is 11.6. The van der Waals surface area contributed by atoms with E-state index >= 15 is 0 Å². The van der Waals surface area contributed by atoms with E-state index in [-0.39, 0.29) is 0 Å². The molecule has 0 saturated carbocycles. The third-order valence-corrected chi connectivity index (χ3v) is 2.93. The molecule has 3 heteroatoms. The summed E-state index contributed by atoms with van der Waals surface area (Å²) in [5.41, 5.74) is 0.811. The van der Waals surface area contributed by atoms with E-state index < -0.39 is 6.10 Å². The van der Waals surface area contributed by atoms with Gasteiger partial charge in [-0.1, -0.05) is 26.2 Å². The minimum atomic E-state index is -0.526. The second-order valence-corrected chi connectivity index (χ2v) is 4.49. The molecule has 1 atom stereocenters. The molecule has 0 aliphatic carbocycles. The summed E-state index contributed by atoms with van der Waals surface area (Å²) in [5, 5.41) is 9.69. The molecule has 0 amide bonds. The molecule has 0 aliphatic rings. The maximum atomic E-state index is 9.69. The summed E-state index contributed by atoms with van der Waals surface area (Å²) in [7, 11) is 1.63. The Morgan fingerprint density at radius 3 is 2.61 bits per heavy atom. The van der Waals surface area contributed by atoms with Gasteiger partial charge >= 0.3 is 0 Å². The van der Waals surface area contributed by atoms with Crippen molar-refractivity contribution < 1.29 is 14.6 Å². The molecule has 1 N–H and O–H groups in total. The lowest BCUT2D eigenvalue weighted by atomic mass is 10.1. The molecule has 3 nitrogen and oxygen atoms in total. The number of hydrogen-bond donors (Lipinski definition) is 1. The summed E-state index contributed by atoms with van der Waals surface area (Å²) in [4.78, 5) is 0. The fourth-order valence-electron chi connectivity index (χ4n) is 1.82. The Labute approximate surface area is 110 Å². The van der Waals surface area contributed by atoms with Gasteiger partial charge in [-0.2, -0.15) is 0 Å². The minimum Gasteiger partial charge on any atom is -0.497 e. The number of ether oxygens (including phenoxy) is 2. The molecule has 1 unspecified atom stereocenters. The van der Waals surface area contributed by atoms with Gasteiger partial charge in [-0.15, -0.1) is 0 Å². The van der Waals surface area contributed by atoms with Crippen molar-refractivity contribution in [3.8, 4) is 11.5 Å². The predicted octanol–water partition coefficient (Wildman–Crippen LogP) is 3.71. The van der Waals surface area contributed by atoms with E-state index in [0.717, 1.165) is 23.5 Å². The Morgan fingerprint density at radius 2 is 2.00 bits per heavy atom. The van der Waals surface area contributed by atoms with Crippen molar-refractivity contribution in [2.24, 2.45) is 0 Å². The van der Waals surface area contributed by atoms with Gasteiger partial charge in [-0.25, -0.2) is 0 Å². The van der Waals surface area contributed by atoms with Crippen LogP contribution in [0.1, 0.15) is 51.2 Å². The van der Waals surface area contributed by atoms with Crippen molar-refractivity contribution in [1.29, 1.82) is 0 Å². The SMILES string of the molecule is CCCCCCOc1cc(OC)ccc1C(C)O. The topological polar surface area (TPSA) is 38.7 Å². The maximum Gasteiger partial charge on any atom is 0.128 e. The van der Waals surface area contributed by atoms with Gasteiger partial charge in [0, 0.05) is 11.6 Å². The zero-order chi connectivity index (χ0) is 13.4. The number of hydrogen-bond acceptors (Lipinski definition) is 3. The Bertz CT molecular complexity index is 348. The predicted molar refractivity (Wildman–Crippen MR) is 73.3 cm³/mol. The van der Waals surface area contributed by atoms with Crippen molar-refractivity contribution in [3.05, 3.63) is 23.8 Å². The van der Waals surface area contributed by atoms with Crippen LogP contribution >= 0.6 is 0 Å². The van der Waals surface area contributed by atoms with Crippen LogP contribution in [0.4, 0.5) is 0 Å². The van der Waals surface area contributed by atoms with Crippen LogP contribution in [0.15, 0.2) is 18.2 Å². The van der Waals surface area contributed by atoms with Gasteiger partial charge in [0.1, 0.15) is 11.5 Å². The van der Waals surface area contributed by atoms with Crippen LogP contribution in [0.3, 0.4) is 0 Å². The van der Waals surface area contributed by atoms with Crippen LogP contribution in [0.2, 0.25) is 0 Å². The van der Waals surface area contributed by atoms with Gasteiger partial charge in [-0.05, 0) is 25.5 Å². The van der Waals surface area contributed by atoms with Crippen LogP contribution in [-0.4, -0.2) is 18.8 Å². The Hall–Kier alpha value is -1.22. The minimum absolute atomic E-state index is 0.526. The Balaban J connectivity index is 2.60. The summed E-state index contributed by atoms with van der Waals surface area (Å²) < 4.78 is 10.9. The van der Waals surface area contributed by atoms with Gasteiger partial charge in [0.05, 0.1) is 19.8 Å². The highest BCUT2D eigenvalue weighted by atomic mass is 16.5. The van der Waals surface area contributed by atoms with Crippen molar-refractivity contribution in [3.63, 3.8) is 0 Å². The highest BCUT2D eigenvalue weighted by Gasteiger charge is 2.10. The largest absolute Gasteiger partial charge is 0.497 e. The molecule has 0 saturated heterocycles. The molecule has 1 rings (SSSR count). The summed E-state index contributed by atoms with van der Waals surface area (Å²) in [5.74, 6) is 1.48. The molecule has 0 heterocycles. The second kappa shape index (κ2) is 7.98. The van der Waals surface area contributed by atoms with Gasteiger partial charge in [0.25, 0.3) is 0 Å². The fourth-order valence-corrected chi connectivity index (χ4v) is 1.82. The van der Waals surface area contributed by atoms with E-state index in [1.807, 2.05) is 18.2 Å². The molecular weight excluding hydrogens is 228 g/mol. The number of rotatable bonds is 8. The van der Waals surface area contributed by atoms with Crippen molar-refractivity contribution in [2.75, 3.05) is 13.7 Å². The molecule has 0 spiro atoms. The lowest BCUT2D eigenvalue weighted by Crippen LogP contribution is -2.02. The average molecular weight is 252 g/mol. The smallest absolute Gasteiger partial charge is 0.128 e. The second-order valence-electron chi connectivity index (χ2n) is 4.49. The first kappa shape index (κ1) is 14.8. The lowest BCUT2D eigenvalue weighted by molar-refractivity contribution is 0.190. The van der Waals surface area contributed by atoms with Crippen LogP contribution in [0, 0.1) is 0 Å². The number of unbranched alkanes of at least 4 members (excludes halogenated alkanes) is 3. The van der Waals surface area contributed by atoms with E-state index in [9.17, 15) is 5.11 Å². The van der Waals surface area contributed by atoms with Crippen LogP contribution in [-0.2, 0) is 0 Å². The van der Waals surface area contributed by atoms with Gasteiger partial charge in [-0.3, -0.25) is 0 Å². The van der Waals surface area contributed by atoms with E-state index in [4.69, 9.17) is 9.47 Å². The van der Waals surface area contributed by atoms with Crippen molar-refractivity contribution >= 4 is 0 Å². The van der Waals surface area contributed by atoms with E-state index in [0.29, 0.717) is 6.61 Å². The third-order valence-electron chi connectivity index (χ3n) is 2.93. The quantitative estimate of drug-likeness (QED) is 0.717. The Morgan fingerprint density at radius 1 is 1.22 bits per heavy atom. The van der Waals surface area contributed by atoms with E-state index in [1.54, 1.807) is 14.0 Å². The zero-order valence-corrected chi connectivity index (χ0v) is 11.6. The van der Waals surface area contributed by atoms with Crippen LogP contribution in [0.25, 0.3) is 0 Å². The summed E-state index contributed by atoms with van der Waals surface area (Å²) in [6.07, 6.45) is 4.17. The molecule has 0 aromatic heterocycles. The monoisotopic (exact) mass is 252 g/mol. The van der Waals surface area contributed by atoms with E-state index in [1.165, 1.54) is 19.3 Å². The molecule has 0 aliphatic heterocycles. The molecule has 0 fully saturated rings. The highest BCUT2D eigenvalue weighted by Crippen LogP contribution is 2.29. The molecule has 102 valence electrons. The summed E-state index contributed by atoms with van der Waals surface area (Å²) >= 11 is 0. The van der Waals surface area contributed by atoms with Crippen LogP contribution < -0.4 is 9.47 Å². The molecule has 1 aromatic carbocycles. The first-order chi connectivity index (χ1) is 8.69.